The van der Waals surface area contributed by atoms with Crippen LogP contribution in [0.4, 0.5) is 11.4 Å². The van der Waals surface area contributed by atoms with Crippen molar-refractivity contribution in [1.82, 2.24) is 14.7 Å². The summed E-state index contributed by atoms with van der Waals surface area (Å²) in [6.45, 7) is 5.99. The molecule has 1 N–H and O–H groups in total. The van der Waals surface area contributed by atoms with Gasteiger partial charge in [0.05, 0.1) is 17.7 Å². The van der Waals surface area contributed by atoms with Crippen molar-refractivity contribution in [3.63, 3.8) is 0 Å². The third kappa shape index (κ3) is 3.40. The van der Waals surface area contributed by atoms with E-state index in [0.717, 1.165) is 44.1 Å². The molecule has 136 valence electrons. The zero-order valence-corrected chi connectivity index (χ0v) is 16.9. The first-order chi connectivity index (χ1) is 13.0. The average Bonchev–Trinajstić information content (AvgIpc) is 3.28. The molecule has 0 saturated heterocycles. The van der Waals surface area contributed by atoms with E-state index in [0.29, 0.717) is 0 Å². The Balaban J connectivity index is 1.67. The molecule has 0 bridgehead atoms. The fourth-order valence-electron chi connectivity index (χ4n) is 3.16. The second kappa shape index (κ2) is 7.04. The lowest BCUT2D eigenvalue weighted by atomic mass is 10.0. The Bertz CT molecular complexity index is 1080. The summed E-state index contributed by atoms with van der Waals surface area (Å²) in [4.78, 5) is 4.10. The molecule has 5 nitrogen and oxygen atoms in total. The van der Waals surface area contributed by atoms with E-state index >= 15 is 0 Å². The monoisotopic (exact) mass is 422 g/mol. The predicted molar refractivity (Wildman–Crippen MR) is 111 cm³/mol. The molecule has 0 aliphatic carbocycles. The second-order valence-corrected chi connectivity index (χ2v) is 7.34. The zero-order chi connectivity index (χ0) is 19.0. The van der Waals surface area contributed by atoms with Crippen molar-refractivity contribution in [2.45, 2.75) is 20.8 Å². The number of aryl methyl sites for hydroxylation is 3. The number of anilines is 2. The Hall–Kier alpha value is -2.86. The highest BCUT2D eigenvalue weighted by atomic mass is 79.9. The molecule has 0 aliphatic rings. The molecule has 0 aliphatic heterocycles. The van der Waals surface area contributed by atoms with Crippen LogP contribution in [0.5, 0.6) is 0 Å². The first kappa shape index (κ1) is 17.5. The van der Waals surface area contributed by atoms with Gasteiger partial charge in [0.1, 0.15) is 5.76 Å². The van der Waals surface area contributed by atoms with Gasteiger partial charge in [-0.25, -0.2) is 4.98 Å². The molecule has 2 aromatic carbocycles. The fraction of sp³-hybridized carbons (Fsp3) is 0.143. The lowest BCUT2D eigenvalue weighted by molar-refractivity contribution is 0.393. The van der Waals surface area contributed by atoms with E-state index in [1.165, 1.54) is 5.56 Å². The minimum absolute atomic E-state index is 0.828. The normalized spacial score (nSPS) is 11.0. The highest BCUT2D eigenvalue weighted by Crippen LogP contribution is 2.33. The van der Waals surface area contributed by atoms with E-state index in [4.69, 9.17) is 4.52 Å². The van der Waals surface area contributed by atoms with E-state index < -0.39 is 0 Å². The maximum Gasteiger partial charge on any atom is 0.141 e. The summed E-state index contributed by atoms with van der Waals surface area (Å²) in [5.74, 6) is 0.828. The van der Waals surface area contributed by atoms with Gasteiger partial charge in [-0.05, 0) is 72.1 Å². The maximum absolute atomic E-state index is 5.32. The fourth-order valence-corrected chi connectivity index (χ4v) is 3.74. The number of rotatable bonds is 4. The van der Waals surface area contributed by atoms with Gasteiger partial charge in [-0.3, -0.25) is 0 Å². The van der Waals surface area contributed by atoms with Gasteiger partial charge >= 0.3 is 0 Å². The van der Waals surface area contributed by atoms with E-state index in [9.17, 15) is 0 Å². The van der Waals surface area contributed by atoms with Gasteiger partial charge in [0.15, 0.2) is 0 Å². The lowest BCUT2D eigenvalue weighted by Gasteiger charge is -2.13. The molecule has 0 atom stereocenters. The lowest BCUT2D eigenvalue weighted by Crippen LogP contribution is -1.97. The van der Waals surface area contributed by atoms with Crippen molar-refractivity contribution < 1.29 is 4.52 Å². The molecule has 2 aromatic heterocycles. The van der Waals surface area contributed by atoms with Gasteiger partial charge in [-0.15, -0.1) is 0 Å². The van der Waals surface area contributed by atoms with Gasteiger partial charge < -0.3 is 14.4 Å². The van der Waals surface area contributed by atoms with Crippen molar-refractivity contribution in [3.8, 4) is 16.8 Å². The minimum Gasteiger partial charge on any atom is -0.361 e. The van der Waals surface area contributed by atoms with Crippen LogP contribution in [0.15, 0.2) is 64.1 Å². The van der Waals surface area contributed by atoms with Gasteiger partial charge in [0.25, 0.3) is 0 Å². The Kier molecular flexibility index (Phi) is 4.58. The summed E-state index contributed by atoms with van der Waals surface area (Å²) in [5, 5.41) is 7.59. The molecule has 2 heterocycles. The average molecular weight is 423 g/mol. The van der Waals surface area contributed by atoms with Gasteiger partial charge in [0, 0.05) is 33.8 Å². The Morgan fingerprint density at radius 3 is 2.59 bits per heavy atom. The third-order valence-corrected chi connectivity index (χ3v) is 5.20. The molecule has 27 heavy (non-hydrogen) atoms. The molecule has 0 fully saturated rings. The van der Waals surface area contributed by atoms with E-state index in [1.807, 2.05) is 24.6 Å². The minimum atomic E-state index is 0.828. The number of hydrogen-bond donors (Lipinski definition) is 1. The summed E-state index contributed by atoms with van der Waals surface area (Å²) in [6, 6.07) is 12.5. The SMILES string of the molecule is Cc1ccc(-c2c(C)noc2C)cc1Nc1ccc(-n2ccnc2)c(Br)c1. The summed E-state index contributed by atoms with van der Waals surface area (Å²) in [7, 11) is 0. The van der Waals surface area contributed by atoms with Crippen LogP contribution < -0.4 is 5.32 Å². The molecule has 0 unspecified atom stereocenters. The van der Waals surface area contributed by atoms with E-state index in [2.05, 4.69) is 74.7 Å². The molecule has 0 spiro atoms. The Morgan fingerprint density at radius 1 is 1.07 bits per heavy atom. The quantitative estimate of drug-likeness (QED) is 0.440. The Labute approximate surface area is 166 Å². The van der Waals surface area contributed by atoms with Gasteiger partial charge in [0.2, 0.25) is 0 Å². The topological polar surface area (TPSA) is 55.9 Å². The molecule has 0 radical (unpaired) electrons. The van der Waals surface area contributed by atoms with Crippen molar-refractivity contribution in [2.75, 3.05) is 5.32 Å². The van der Waals surface area contributed by atoms with Crippen LogP contribution in [0.25, 0.3) is 16.8 Å². The van der Waals surface area contributed by atoms with Crippen LogP contribution in [-0.4, -0.2) is 14.7 Å². The van der Waals surface area contributed by atoms with Crippen LogP contribution in [0.2, 0.25) is 0 Å². The molecule has 0 amide bonds. The summed E-state index contributed by atoms with van der Waals surface area (Å²) in [5.41, 5.74) is 7.30. The molecule has 4 aromatic rings. The van der Waals surface area contributed by atoms with Gasteiger partial charge in [-0.2, -0.15) is 0 Å². The van der Waals surface area contributed by atoms with Crippen LogP contribution in [0, 0.1) is 20.8 Å². The van der Waals surface area contributed by atoms with Crippen molar-refractivity contribution in [1.29, 1.82) is 0 Å². The standard InChI is InChI=1S/C21H19BrN4O/c1-13-4-5-16(21-14(2)25-27-15(21)3)10-19(13)24-17-6-7-20(18(22)11-17)26-9-8-23-12-26/h4-12,24H,1-3H3. The number of imidazole rings is 1. The maximum atomic E-state index is 5.32. The summed E-state index contributed by atoms with van der Waals surface area (Å²) < 4.78 is 8.28. The number of aromatic nitrogens is 3. The van der Waals surface area contributed by atoms with Crippen LogP contribution >= 0.6 is 15.9 Å². The molecule has 6 heteroatoms. The largest absolute Gasteiger partial charge is 0.361 e. The second-order valence-electron chi connectivity index (χ2n) is 6.49. The van der Waals surface area contributed by atoms with Crippen molar-refractivity contribution >= 4 is 27.3 Å². The number of nitrogens with zero attached hydrogens (tertiary/aromatic N) is 3. The van der Waals surface area contributed by atoms with Crippen LogP contribution in [0.3, 0.4) is 0 Å². The first-order valence-electron chi connectivity index (χ1n) is 8.62. The van der Waals surface area contributed by atoms with E-state index in [1.54, 1.807) is 12.5 Å². The smallest absolute Gasteiger partial charge is 0.141 e. The first-order valence-corrected chi connectivity index (χ1v) is 9.41. The number of halogens is 1. The van der Waals surface area contributed by atoms with E-state index in [-0.39, 0.29) is 0 Å². The summed E-state index contributed by atoms with van der Waals surface area (Å²) in [6.07, 6.45) is 5.47. The molecule has 4 rings (SSSR count). The molecule has 0 saturated carbocycles. The molecular weight excluding hydrogens is 404 g/mol. The van der Waals surface area contributed by atoms with Crippen LogP contribution in [-0.2, 0) is 0 Å². The number of hydrogen-bond acceptors (Lipinski definition) is 4. The highest BCUT2D eigenvalue weighted by Gasteiger charge is 2.13. The number of nitrogens with one attached hydrogen (secondary N) is 1. The molecular formula is C21H19BrN4O. The van der Waals surface area contributed by atoms with Crippen molar-refractivity contribution in [2.24, 2.45) is 0 Å². The number of benzene rings is 2. The zero-order valence-electron chi connectivity index (χ0n) is 15.3. The van der Waals surface area contributed by atoms with Crippen LogP contribution in [0.1, 0.15) is 17.0 Å². The van der Waals surface area contributed by atoms with Crippen molar-refractivity contribution in [3.05, 3.63) is 76.6 Å². The predicted octanol–water partition coefficient (Wildman–Crippen LogP) is 5.96. The van der Waals surface area contributed by atoms with Gasteiger partial charge in [-0.1, -0.05) is 17.3 Å². The summed E-state index contributed by atoms with van der Waals surface area (Å²) >= 11 is 3.66. The Morgan fingerprint density at radius 2 is 1.93 bits per heavy atom. The third-order valence-electron chi connectivity index (χ3n) is 4.57. The highest BCUT2D eigenvalue weighted by molar-refractivity contribution is 9.10.